The zero-order valence-corrected chi connectivity index (χ0v) is 13.4. The van der Waals surface area contributed by atoms with Crippen LogP contribution in [0.3, 0.4) is 0 Å². The van der Waals surface area contributed by atoms with Gasteiger partial charge in [-0.3, -0.25) is 9.88 Å². The van der Waals surface area contributed by atoms with Crippen LogP contribution in [0.15, 0.2) is 24.5 Å². The minimum absolute atomic E-state index is 0.772. The van der Waals surface area contributed by atoms with Crippen LogP contribution >= 0.6 is 12.2 Å². The van der Waals surface area contributed by atoms with E-state index in [-0.39, 0.29) is 0 Å². The quantitative estimate of drug-likeness (QED) is 0.627. The molecular formula is C15H24N4OS. The number of thiocarbonyl (C=S) groups is 1. The lowest BCUT2D eigenvalue weighted by molar-refractivity contribution is 0.173. The Balaban J connectivity index is 1.67. The van der Waals surface area contributed by atoms with Crippen LogP contribution in [0.2, 0.25) is 0 Å². The van der Waals surface area contributed by atoms with E-state index in [2.05, 4.69) is 26.2 Å². The molecule has 0 radical (unpaired) electrons. The fourth-order valence-electron chi connectivity index (χ4n) is 2.38. The van der Waals surface area contributed by atoms with Crippen molar-refractivity contribution in [2.75, 3.05) is 46.4 Å². The highest BCUT2D eigenvalue weighted by atomic mass is 32.1. The lowest BCUT2D eigenvalue weighted by atomic mass is 10.2. The van der Waals surface area contributed by atoms with Crippen LogP contribution in [0, 0.1) is 0 Å². The Morgan fingerprint density at radius 1 is 1.38 bits per heavy atom. The molecule has 1 aliphatic rings. The lowest BCUT2D eigenvalue weighted by Crippen LogP contribution is -2.51. The number of methoxy groups -OCH3 is 1. The second kappa shape index (κ2) is 8.92. The minimum Gasteiger partial charge on any atom is -0.385 e. The first-order chi connectivity index (χ1) is 10.3. The van der Waals surface area contributed by atoms with Crippen molar-refractivity contribution >= 4 is 17.3 Å². The third-order valence-electron chi connectivity index (χ3n) is 3.59. The summed E-state index contributed by atoms with van der Waals surface area (Å²) in [6.07, 6.45) is 4.74. The number of aromatic nitrogens is 1. The highest BCUT2D eigenvalue weighted by Gasteiger charge is 2.18. The molecule has 2 rings (SSSR count). The number of ether oxygens (including phenoxy) is 1. The van der Waals surface area contributed by atoms with Gasteiger partial charge >= 0.3 is 0 Å². The number of rotatable bonds is 6. The number of piperazine rings is 1. The van der Waals surface area contributed by atoms with Crippen LogP contribution in [-0.4, -0.2) is 66.3 Å². The molecular weight excluding hydrogens is 284 g/mol. The van der Waals surface area contributed by atoms with Crippen LogP contribution < -0.4 is 5.32 Å². The molecule has 0 spiro atoms. The van der Waals surface area contributed by atoms with E-state index in [1.807, 2.05) is 18.5 Å². The normalized spacial score (nSPS) is 16.0. The summed E-state index contributed by atoms with van der Waals surface area (Å²) in [4.78, 5) is 8.86. The van der Waals surface area contributed by atoms with Gasteiger partial charge in [-0.05, 0) is 30.3 Å². The molecule has 6 heteroatoms. The first-order valence-electron chi connectivity index (χ1n) is 7.42. The fraction of sp³-hybridized carbons (Fsp3) is 0.600. The molecule has 0 bridgehead atoms. The van der Waals surface area contributed by atoms with Crippen molar-refractivity contribution in [3.05, 3.63) is 30.1 Å². The number of hydrogen-bond acceptors (Lipinski definition) is 4. The summed E-state index contributed by atoms with van der Waals surface area (Å²) in [5.74, 6) is 0. The van der Waals surface area contributed by atoms with Crippen molar-refractivity contribution in [3.63, 3.8) is 0 Å². The maximum absolute atomic E-state index is 5.44. The topological polar surface area (TPSA) is 40.6 Å². The van der Waals surface area contributed by atoms with E-state index < -0.39 is 0 Å². The molecule has 5 nitrogen and oxygen atoms in total. The molecule has 21 heavy (non-hydrogen) atoms. The van der Waals surface area contributed by atoms with Gasteiger partial charge in [-0.2, -0.15) is 0 Å². The van der Waals surface area contributed by atoms with Gasteiger partial charge < -0.3 is 15.0 Å². The Labute approximate surface area is 132 Å². The van der Waals surface area contributed by atoms with Crippen LogP contribution in [0.1, 0.15) is 12.0 Å². The van der Waals surface area contributed by atoms with Gasteiger partial charge in [-0.15, -0.1) is 0 Å². The largest absolute Gasteiger partial charge is 0.385 e. The van der Waals surface area contributed by atoms with Crippen LogP contribution in [0.25, 0.3) is 0 Å². The number of hydrogen-bond donors (Lipinski definition) is 1. The van der Waals surface area contributed by atoms with Crippen molar-refractivity contribution in [1.82, 2.24) is 20.1 Å². The molecule has 0 saturated carbocycles. The molecule has 1 aromatic heterocycles. The lowest BCUT2D eigenvalue weighted by Gasteiger charge is -2.36. The van der Waals surface area contributed by atoms with Crippen molar-refractivity contribution in [2.24, 2.45) is 0 Å². The van der Waals surface area contributed by atoms with E-state index >= 15 is 0 Å². The molecule has 1 fully saturated rings. The van der Waals surface area contributed by atoms with Crippen molar-refractivity contribution in [3.8, 4) is 0 Å². The Kier molecular flexibility index (Phi) is 6.85. The molecule has 1 N–H and O–H groups in total. The Bertz CT molecular complexity index is 421. The van der Waals surface area contributed by atoms with E-state index in [4.69, 9.17) is 17.0 Å². The van der Waals surface area contributed by atoms with E-state index in [1.165, 1.54) is 5.56 Å². The van der Waals surface area contributed by atoms with Gasteiger partial charge in [0.2, 0.25) is 0 Å². The average Bonchev–Trinajstić information content (AvgIpc) is 2.53. The molecule has 116 valence electrons. The summed E-state index contributed by atoms with van der Waals surface area (Å²) in [6, 6.07) is 4.12. The summed E-state index contributed by atoms with van der Waals surface area (Å²) in [5, 5.41) is 4.17. The smallest absolute Gasteiger partial charge is 0.169 e. The highest BCUT2D eigenvalue weighted by molar-refractivity contribution is 7.80. The maximum atomic E-state index is 5.44. The minimum atomic E-state index is 0.772. The molecule has 0 atom stereocenters. The number of nitrogens with zero attached hydrogens (tertiary/aromatic N) is 3. The molecule has 0 amide bonds. The van der Waals surface area contributed by atoms with Crippen LogP contribution in [0.5, 0.6) is 0 Å². The molecule has 1 aromatic rings. The average molecular weight is 308 g/mol. The highest BCUT2D eigenvalue weighted by Crippen LogP contribution is 2.07. The molecule has 1 aliphatic heterocycles. The molecule has 1 saturated heterocycles. The van der Waals surface area contributed by atoms with Gasteiger partial charge in [0.05, 0.1) is 0 Å². The van der Waals surface area contributed by atoms with Gasteiger partial charge in [0.15, 0.2) is 5.11 Å². The monoisotopic (exact) mass is 308 g/mol. The van der Waals surface area contributed by atoms with E-state index in [0.717, 1.165) is 57.4 Å². The second-order valence-electron chi connectivity index (χ2n) is 5.20. The van der Waals surface area contributed by atoms with Gasteiger partial charge in [-0.1, -0.05) is 6.07 Å². The summed E-state index contributed by atoms with van der Waals surface area (Å²) < 4.78 is 5.03. The standard InChI is InChI=1S/C15H24N4OS/c1-20-11-3-6-17-15(21)19-9-7-18(8-10-19)13-14-4-2-5-16-12-14/h2,4-5,12H,3,6-11,13H2,1H3,(H,17,21). The van der Waals surface area contributed by atoms with Crippen LogP contribution in [0.4, 0.5) is 0 Å². The first kappa shape index (κ1) is 16.1. The predicted octanol–water partition coefficient (Wildman–Crippen LogP) is 1.11. The van der Waals surface area contributed by atoms with Gasteiger partial charge in [-0.25, -0.2) is 0 Å². The van der Waals surface area contributed by atoms with Crippen LogP contribution in [-0.2, 0) is 11.3 Å². The number of nitrogens with one attached hydrogen (secondary N) is 1. The van der Waals surface area contributed by atoms with Gasteiger partial charge in [0, 0.05) is 65.4 Å². The van der Waals surface area contributed by atoms with Crippen molar-refractivity contribution < 1.29 is 4.74 Å². The SMILES string of the molecule is COCCCNC(=S)N1CCN(Cc2cccnc2)CC1. The third kappa shape index (κ3) is 5.57. The molecule has 0 unspecified atom stereocenters. The summed E-state index contributed by atoms with van der Waals surface area (Å²) in [6.45, 7) is 6.66. The van der Waals surface area contributed by atoms with Gasteiger partial charge in [0.25, 0.3) is 0 Å². The zero-order valence-electron chi connectivity index (χ0n) is 12.6. The summed E-state index contributed by atoms with van der Waals surface area (Å²) in [5.41, 5.74) is 1.27. The Morgan fingerprint density at radius 3 is 2.86 bits per heavy atom. The first-order valence-corrected chi connectivity index (χ1v) is 7.83. The Hall–Kier alpha value is -1.24. The second-order valence-corrected chi connectivity index (χ2v) is 5.59. The zero-order chi connectivity index (χ0) is 14.9. The fourth-order valence-corrected chi connectivity index (χ4v) is 2.67. The predicted molar refractivity (Wildman–Crippen MR) is 88.2 cm³/mol. The Morgan fingerprint density at radius 2 is 2.19 bits per heavy atom. The third-order valence-corrected chi connectivity index (χ3v) is 3.99. The van der Waals surface area contributed by atoms with E-state index in [0.29, 0.717) is 0 Å². The molecule has 0 aliphatic carbocycles. The van der Waals surface area contributed by atoms with E-state index in [9.17, 15) is 0 Å². The molecule has 2 heterocycles. The van der Waals surface area contributed by atoms with E-state index in [1.54, 1.807) is 7.11 Å². The van der Waals surface area contributed by atoms with Crippen molar-refractivity contribution in [1.29, 1.82) is 0 Å². The number of pyridine rings is 1. The summed E-state index contributed by atoms with van der Waals surface area (Å²) >= 11 is 5.44. The maximum Gasteiger partial charge on any atom is 0.169 e. The van der Waals surface area contributed by atoms with Gasteiger partial charge in [0.1, 0.15) is 0 Å². The van der Waals surface area contributed by atoms with Crippen molar-refractivity contribution in [2.45, 2.75) is 13.0 Å². The summed E-state index contributed by atoms with van der Waals surface area (Å²) in [7, 11) is 1.72. The molecule has 0 aromatic carbocycles.